The molecule has 0 amide bonds. The molecule has 1 aromatic rings. The Labute approximate surface area is 167 Å². The monoisotopic (exact) mass is 417 g/mol. The molecule has 0 bridgehead atoms. The van der Waals surface area contributed by atoms with Crippen LogP contribution in [-0.4, -0.2) is 92.0 Å². The van der Waals surface area contributed by atoms with E-state index in [1.165, 1.54) is 0 Å². The Morgan fingerprint density at radius 3 is 2.07 bits per heavy atom. The molecule has 6 atom stereocenters. The molecular weight excluding hydrogens is 390 g/mol. The van der Waals surface area contributed by atoms with E-state index in [0.29, 0.717) is 6.42 Å². The van der Waals surface area contributed by atoms with Crippen molar-refractivity contribution in [3.63, 3.8) is 0 Å². The molecule has 0 aliphatic rings. The molecule has 0 spiro atoms. The molecule has 1 aromatic carbocycles. The van der Waals surface area contributed by atoms with E-state index in [9.17, 15) is 24.6 Å². The average Bonchev–Trinajstić information content (AvgIpc) is 2.70. The van der Waals surface area contributed by atoms with E-state index in [1.54, 1.807) is 0 Å². The van der Waals surface area contributed by atoms with Gasteiger partial charge in [-0.1, -0.05) is 30.3 Å². The number of aliphatic hydroxyl groups excluding tert-OH is 5. The summed E-state index contributed by atoms with van der Waals surface area (Å²) in [5, 5.41) is 53.8. The lowest BCUT2D eigenvalue weighted by Gasteiger charge is -2.23. The van der Waals surface area contributed by atoms with Crippen LogP contribution in [0.4, 0.5) is 0 Å². The van der Waals surface area contributed by atoms with E-state index in [2.05, 4.69) is 4.74 Å². The number of ether oxygens (including phenoxy) is 1. The van der Waals surface area contributed by atoms with Crippen LogP contribution < -0.4 is 5.73 Å². The van der Waals surface area contributed by atoms with Gasteiger partial charge in [0.2, 0.25) is 0 Å². The molecule has 0 saturated heterocycles. The molecule has 0 heterocycles. The number of aldehydes is 1. The second kappa shape index (κ2) is 13.7. The van der Waals surface area contributed by atoms with Crippen LogP contribution >= 0.6 is 0 Å². The van der Waals surface area contributed by atoms with Crippen LogP contribution in [0.5, 0.6) is 0 Å². The number of hydrogen-bond acceptors (Lipinski definition) is 10. The van der Waals surface area contributed by atoms with Crippen LogP contribution in [0.1, 0.15) is 12.5 Å². The summed E-state index contributed by atoms with van der Waals surface area (Å²) in [7, 11) is 0. The second-order valence-electron chi connectivity index (χ2n) is 6.12. The Morgan fingerprint density at radius 1 is 1.07 bits per heavy atom. The van der Waals surface area contributed by atoms with E-state index in [-0.39, 0.29) is 6.29 Å². The molecule has 1 unspecified atom stereocenters. The summed E-state index contributed by atoms with van der Waals surface area (Å²) >= 11 is 0. The summed E-state index contributed by atoms with van der Waals surface area (Å²) in [5.41, 5.74) is 6.30. The van der Waals surface area contributed by atoms with Crippen molar-refractivity contribution in [3.8, 4) is 0 Å². The topological polar surface area (TPSA) is 208 Å². The Balaban J connectivity index is 0.000000571. The first-order valence-electron chi connectivity index (χ1n) is 8.55. The maximum absolute atomic E-state index is 10.8. The highest BCUT2D eigenvalue weighted by Gasteiger charge is 2.31. The molecule has 11 nitrogen and oxygen atoms in total. The van der Waals surface area contributed by atoms with Gasteiger partial charge in [0.1, 0.15) is 43.2 Å². The standard InChI is InChI=1S/C9H11NO2.C9H16O8/c10-8(9(11)12)6-7-4-2-1-3-5-7;1-4(11)9(16)17-3-6(13)8(15)7(14)5(12)2-10/h1-5,8H,6,10H2,(H,11,12);2,4-8,11-15H,3H2,1H3/t8-;4?,5-,6+,7+,8+/m00/s1. The molecule has 0 aromatic heterocycles. The highest BCUT2D eigenvalue weighted by atomic mass is 16.6. The fourth-order valence-electron chi connectivity index (χ4n) is 1.85. The van der Waals surface area contributed by atoms with Gasteiger partial charge in [-0.25, -0.2) is 4.79 Å². The zero-order valence-corrected chi connectivity index (χ0v) is 15.7. The Hall–Kier alpha value is -2.41. The summed E-state index contributed by atoms with van der Waals surface area (Å²) in [4.78, 5) is 31.3. The van der Waals surface area contributed by atoms with E-state index in [4.69, 9.17) is 26.2 Å². The van der Waals surface area contributed by atoms with Gasteiger partial charge >= 0.3 is 11.9 Å². The van der Waals surface area contributed by atoms with Crippen molar-refractivity contribution in [2.45, 2.75) is 49.9 Å². The normalized spacial score (nSPS) is 16.8. The summed E-state index contributed by atoms with van der Waals surface area (Å²) in [6.45, 7) is 0.462. The van der Waals surface area contributed by atoms with Crippen molar-refractivity contribution in [1.29, 1.82) is 0 Å². The summed E-state index contributed by atoms with van der Waals surface area (Å²) < 4.78 is 4.37. The average molecular weight is 417 g/mol. The maximum atomic E-state index is 10.8. The van der Waals surface area contributed by atoms with Crippen molar-refractivity contribution in [2.75, 3.05) is 6.61 Å². The number of carbonyl (C=O) groups is 3. The van der Waals surface area contributed by atoms with Gasteiger partial charge in [-0.3, -0.25) is 4.79 Å². The molecule has 8 N–H and O–H groups in total. The lowest BCUT2D eigenvalue weighted by molar-refractivity contribution is -0.163. The third-order valence-electron chi connectivity index (χ3n) is 3.59. The number of benzene rings is 1. The smallest absolute Gasteiger partial charge is 0.334 e. The lowest BCUT2D eigenvalue weighted by atomic mass is 10.0. The third kappa shape index (κ3) is 10.6. The van der Waals surface area contributed by atoms with Gasteiger partial charge in [0.25, 0.3) is 0 Å². The number of hydrogen-bond donors (Lipinski definition) is 7. The van der Waals surface area contributed by atoms with Crippen molar-refractivity contribution < 1.29 is 49.8 Å². The summed E-state index contributed by atoms with van der Waals surface area (Å²) in [6.07, 6.45) is -8.32. The zero-order chi connectivity index (χ0) is 22.6. The predicted octanol–water partition coefficient (Wildman–Crippen LogP) is -2.81. The molecule has 1 rings (SSSR count). The van der Waals surface area contributed by atoms with Gasteiger partial charge in [0.05, 0.1) is 0 Å². The molecule has 11 heteroatoms. The van der Waals surface area contributed by atoms with Crippen molar-refractivity contribution in [1.82, 2.24) is 0 Å². The Morgan fingerprint density at radius 2 is 1.62 bits per heavy atom. The number of nitrogens with two attached hydrogens (primary N) is 1. The van der Waals surface area contributed by atoms with Gasteiger partial charge in [-0.05, 0) is 18.9 Å². The minimum Gasteiger partial charge on any atom is -0.480 e. The van der Waals surface area contributed by atoms with Gasteiger partial charge in [-0.15, -0.1) is 0 Å². The van der Waals surface area contributed by atoms with E-state index < -0.39 is 55.1 Å². The molecule has 0 aliphatic heterocycles. The van der Waals surface area contributed by atoms with Crippen LogP contribution in [0.3, 0.4) is 0 Å². The predicted molar refractivity (Wildman–Crippen MR) is 98.5 cm³/mol. The van der Waals surface area contributed by atoms with Crippen LogP contribution in [0.25, 0.3) is 0 Å². The van der Waals surface area contributed by atoms with Gasteiger partial charge in [0.15, 0.2) is 6.29 Å². The Bertz CT molecular complexity index is 624. The van der Waals surface area contributed by atoms with E-state index in [0.717, 1.165) is 12.5 Å². The first-order chi connectivity index (χ1) is 13.5. The molecule has 29 heavy (non-hydrogen) atoms. The molecule has 0 aliphatic carbocycles. The van der Waals surface area contributed by atoms with Gasteiger partial charge in [-0.2, -0.15) is 0 Å². The first-order valence-corrected chi connectivity index (χ1v) is 8.55. The molecule has 0 fully saturated rings. The lowest BCUT2D eigenvalue weighted by Crippen LogP contribution is -2.47. The second-order valence-corrected chi connectivity index (χ2v) is 6.12. The zero-order valence-electron chi connectivity index (χ0n) is 15.7. The van der Waals surface area contributed by atoms with E-state index >= 15 is 0 Å². The minimum atomic E-state index is -1.90. The number of esters is 1. The van der Waals surface area contributed by atoms with Gasteiger partial charge in [0, 0.05) is 0 Å². The number of aliphatic hydroxyl groups is 5. The number of carbonyl (C=O) groups excluding carboxylic acids is 2. The van der Waals surface area contributed by atoms with Crippen molar-refractivity contribution in [3.05, 3.63) is 35.9 Å². The van der Waals surface area contributed by atoms with Crippen LogP contribution in [0.15, 0.2) is 30.3 Å². The SMILES string of the molecule is CC(O)C(=O)OC[C@@H](O)[C@@H](O)[C@H](O)[C@@H](O)C=O.N[C@@H](Cc1ccccc1)C(=O)O. The number of aliphatic carboxylic acids is 1. The highest BCUT2D eigenvalue weighted by Crippen LogP contribution is 2.05. The third-order valence-corrected chi connectivity index (χ3v) is 3.59. The van der Waals surface area contributed by atoms with E-state index in [1.807, 2.05) is 30.3 Å². The molecule has 0 radical (unpaired) electrons. The fourth-order valence-corrected chi connectivity index (χ4v) is 1.85. The molecule has 0 saturated carbocycles. The highest BCUT2D eigenvalue weighted by molar-refractivity contribution is 5.74. The van der Waals surface area contributed by atoms with Crippen LogP contribution in [0.2, 0.25) is 0 Å². The number of rotatable bonds is 10. The molecular formula is C18H27NO10. The Kier molecular flexibility index (Phi) is 12.6. The number of carboxylic acids is 1. The van der Waals surface area contributed by atoms with Gasteiger partial charge < -0.3 is 45.9 Å². The maximum Gasteiger partial charge on any atom is 0.334 e. The van der Waals surface area contributed by atoms with Crippen LogP contribution in [-0.2, 0) is 25.5 Å². The summed E-state index contributed by atoms with van der Waals surface area (Å²) in [6, 6.07) is 8.54. The van der Waals surface area contributed by atoms with Crippen molar-refractivity contribution in [2.24, 2.45) is 5.73 Å². The van der Waals surface area contributed by atoms with Crippen LogP contribution in [0, 0.1) is 0 Å². The fraction of sp³-hybridized carbons (Fsp3) is 0.500. The quantitative estimate of drug-likeness (QED) is 0.153. The minimum absolute atomic E-state index is 0.0115. The molecule has 164 valence electrons. The van der Waals surface area contributed by atoms with Crippen molar-refractivity contribution >= 4 is 18.2 Å². The summed E-state index contributed by atoms with van der Waals surface area (Å²) in [5.74, 6) is -1.97. The first kappa shape index (κ1) is 26.6. The number of carboxylic acid groups (broad SMARTS) is 1. The largest absolute Gasteiger partial charge is 0.480 e.